The monoisotopic (exact) mass is 408 g/mol. The number of fused-ring (bicyclic) bond motifs is 1. The Balaban J connectivity index is 1.38. The first-order valence-electron chi connectivity index (χ1n) is 9.46. The van der Waals surface area contributed by atoms with Crippen molar-refractivity contribution in [3.8, 4) is 11.3 Å². The number of carbonyl (C=O) groups is 1. The van der Waals surface area contributed by atoms with Gasteiger partial charge in [0.1, 0.15) is 11.3 Å². The molecule has 0 saturated heterocycles. The third kappa shape index (κ3) is 4.20. The molecule has 29 heavy (non-hydrogen) atoms. The summed E-state index contributed by atoms with van der Waals surface area (Å²) < 4.78 is 11.7. The van der Waals surface area contributed by atoms with Gasteiger partial charge in [0.15, 0.2) is 11.7 Å². The quantitative estimate of drug-likeness (QED) is 0.399. The predicted molar refractivity (Wildman–Crippen MR) is 113 cm³/mol. The second kappa shape index (κ2) is 8.13. The highest BCUT2D eigenvalue weighted by molar-refractivity contribution is 6.30. The minimum absolute atomic E-state index is 0.00389. The number of amides is 1. The van der Waals surface area contributed by atoms with Crippen LogP contribution >= 0.6 is 11.6 Å². The second-order valence-electron chi connectivity index (χ2n) is 6.99. The molecule has 2 heterocycles. The summed E-state index contributed by atoms with van der Waals surface area (Å²) in [4.78, 5) is 18.6. The average Bonchev–Trinajstić information content (AvgIpc) is 3.38. The molecule has 0 saturated carbocycles. The van der Waals surface area contributed by atoms with E-state index in [1.54, 1.807) is 30.3 Å². The van der Waals surface area contributed by atoms with Crippen molar-refractivity contribution < 1.29 is 13.6 Å². The minimum atomic E-state index is -0.163. The summed E-state index contributed by atoms with van der Waals surface area (Å²) in [6.45, 7) is 1.96. The smallest absolute Gasteiger partial charge is 0.223 e. The van der Waals surface area contributed by atoms with E-state index < -0.39 is 0 Å². The number of oxazole rings is 1. The molecule has 1 atom stereocenters. The van der Waals surface area contributed by atoms with Crippen LogP contribution in [0.5, 0.6) is 0 Å². The summed E-state index contributed by atoms with van der Waals surface area (Å²) >= 11 is 5.92. The summed E-state index contributed by atoms with van der Waals surface area (Å²) in [6.07, 6.45) is 2.41. The number of hydrogen-bond donors (Lipinski definition) is 0. The highest BCUT2D eigenvalue weighted by Gasteiger charge is 2.21. The van der Waals surface area contributed by atoms with E-state index in [0.29, 0.717) is 29.5 Å². The number of furan rings is 1. The van der Waals surface area contributed by atoms with Gasteiger partial charge in [-0.1, -0.05) is 29.8 Å². The zero-order valence-corrected chi connectivity index (χ0v) is 17.0. The highest BCUT2D eigenvalue weighted by atomic mass is 35.5. The lowest BCUT2D eigenvalue weighted by atomic mass is 10.2. The molecule has 4 aromatic rings. The van der Waals surface area contributed by atoms with Crippen LogP contribution < -0.4 is 0 Å². The number of halogens is 1. The average molecular weight is 409 g/mol. The summed E-state index contributed by atoms with van der Waals surface area (Å²) in [7, 11) is 1.79. The number of para-hydroxylation sites is 1. The van der Waals surface area contributed by atoms with E-state index in [1.807, 2.05) is 49.4 Å². The molecule has 0 N–H and O–H groups in total. The molecule has 0 radical (unpaired) electrons. The highest BCUT2D eigenvalue weighted by Crippen LogP contribution is 2.27. The fraction of sp³-hybridized carbons (Fsp3) is 0.217. The van der Waals surface area contributed by atoms with Crippen LogP contribution in [0.4, 0.5) is 0 Å². The van der Waals surface area contributed by atoms with E-state index in [-0.39, 0.29) is 11.9 Å². The molecule has 6 heteroatoms. The summed E-state index contributed by atoms with van der Waals surface area (Å²) in [5, 5.41) is 1.70. The van der Waals surface area contributed by atoms with E-state index in [1.165, 1.54) is 0 Å². The van der Waals surface area contributed by atoms with Gasteiger partial charge in [0, 0.05) is 35.9 Å². The topological polar surface area (TPSA) is 59.5 Å². The molecule has 5 nitrogen and oxygen atoms in total. The van der Waals surface area contributed by atoms with Gasteiger partial charge in [-0.3, -0.25) is 4.79 Å². The lowest BCUT2D eigenvalue weighted by molar-refractivity contribution is -0.132. The Morgan fingerprint density at radius 2 is 1.90 bits per heavy atom. The lowest BCUT2D eigenvalue weighted by Crippen LogP contribution is -2.29. The Hall–Kier alpha value is -3.05. The molecule has 0 fully saturated rings. The Morgan fingerprint density at radius 1 is 1.14 bits per heavy atom. The van der Waals surface area contributed by atoms with Gasteiger partial charge in [-0.15, -0.1) is 0 Å². The molecule has 0 bridgehead atoms. The van der Waals surface area contributed by atoms with Gasteiger partial charge >= 0.3 is 0 Å². The van der Waals surface area contributed by atoms with Crippen molar-refractivity contribution in [2.24, 2.45) is 0 Å². The first-order valence-corrected chi connectivity index (χ1v) is 9.84. The minimum Gasteiger partial charge on any atom is -0.459 e. The molecule has 148 valence electrons. The Labute approximate surface area is 173 Å². The molecule has 4 rings (SSSR count). The van der Waals surface area contributed by atoms with Gasteiger partial charge < -0.3 is 13.7 Å². The number of benzene rings is 2. The van der Waals surface area contributed by atoms with Crippen molar-refractivity contribution in [1.29, 1.82) is 0 Å². The van der Waals surface area contributed by atoms with Crippen molar-refractivity contribution in [3.05, 3.63) is 77.5 Å². The number of rotatable bonds is 6. The molecule has 0 aliphatic heterocycles. The summed E-state index contributed by atoms with van der Waals surface area (Å²) in [5.74, 6) is 1.97. The number of hydrogen-bond acceptors (Lipinski definition) is 4. The summed E-state index contributed by atoms with van der Waals surface area (Å²) in [5.41, 5.74) is 1.72. The number of carbonyl (C=O) groups excluding carboxylic acids is 1. The van der Waals surface area contributed by atoms with Gasteiger partial charge in [-0.25, -0.2) is 4.98 Å². The fourth-order valence-electron chi connectivity index (χ4n) is 3.18. The van der Waals surface area contributed by atoms with Crippen molar-refractivity contribution in [3.63, 3.8) is 0 Å². The van der Waals surface area contributed by atoms with Crippen LogP contribution in [0.15, 0.2) is 69.6 Å². The van der Waals surface area contributed by atoms with Gasteiger partial charge in [0.05, 0.1) is 12.2 Å². The van der Waals surface area contributed by atoms with Crippen molar-refractivity contribution >= 4 is 28.5 Å². The SMILES string of the molecule is CC(c1cc2ccccc2o1)N(C)C(=O)CCc1ncc(-c2ccc(Cl)cc2)o1. The van der Waals surface area contributed by atoms with Crippen molar-refractivity contribution in [2.75, 3.05) is 7.05 Å². The van der Waals surface area contributed by atoms with Gasteiger partial charge in [0.25, 0.3) is 0 Å². The standard InChI is InChI=1S/C23H21ClN2O3/c1-15(20-13-17-5-3-4-6-19(17)28-20)26(2)23(27)12-11-22-25-14-21(29-22)16-7-9-18(24)10-8-16/h3-10,13-15H,11-12H2,1-2H3. The van der Waals surface area contributed by atoms with E-state index in [0.717, 1.165) is 22.3 Å². The Bertz CT molecular complexity index is 1100. The molecule has 0 aliphatic rings. The zero-order valence-electron chi connectivity index (χ0n) is 16.3. The van der Waals surface area contributed by atoms with Crippen LogP contribution in [0, 0.1) is 0 Å². The maximum Gasteiger partial charge on any atom is 0.223 e. The number of nitrogens with zero attached hydrogens (tertiary/aromatic N) is 2. The molecule has 1 unspecified atom stereocenters. The third-order valence-corrected chi connectivity index (χ3v) is 5.32. The normalized spacial score (nSPS) is 12.2. The van der Waals surface area contributed by atoms with Crippen molar-refractivity contribution in [2.45, 2.75) is 25.8 Å². The summed E-state index contributed by atoms with van der Waals surface area (Å²) in [6, 6.07) is 17.0. The largest absolute Gasteiger partial charge is 0.459 e. The number of aryl methyl sites for hydroxylation is 1. The molecule has 0 spiro atoms. The maximum atomic E-state index is 12.7. The molecule has 2 aromatic carbocycles. The first kappa shape index (κ1) is 19.3. The van der Waals surface area contributed by atoms with E-state index >= 15 is 0 Å². The lowest BCUT2D eigenvalue weighted by Gasteiger charge is -2.23. The molecular formula is C23H21ClN2O3. The number of aromatic nitrogens is 1. The van der Waals surface area contributed by atoms with Crippen LogP contribution in [0.1, 0.15) is 31.0 Å². The first-order chi connectivity index (χ1) is 14.0. The Kier molecular flexibility index (Phi) is 5.41. The van der Waals surface area contributed by atoms with Crippen LogP contribution in [-0.2, 0) is 11.2 Å². The van der Waals surface area contributed by atoms with Crippen LogP contribution in [-0.4, -0.2) is 22.8 Å². The molecule has 1 amide bonds. The van der Waals surface area contributed by atoms with Crippen LogP contribution in [0.3, 0.4) is 0 Å². The second-order valence-corrected chi connectivity index (χ2v) is 7.43. The van der Waals surface area contributed by atoms with Gasteiger partial charge in [-0.05, 0) is 43.3 Å². The van der Waals surface area contributed by atoms with Gasteiger partial charge in [-0.2, -0.15) is 0 Å². The predicted octanol–water partition coefficient (Wildman–Crippen LogP) is 5.89. The maximum absolute atomic E-state index is 12.7. The zero-order chi connectivity index (χ0) is 20.4. The van der Waals surface area contributed by atoms with Crippen LogP contribution in [0.2, 0.25) is 5.02 Å². The molecule has 0 aliphatic carbocycles. The third-order valence-electron chi connectivity index (χ3n) is 5.07. The van der Waals surface area contributed by atoms with Crippen LogP contribution in [0.25, 0.3) is 22.3 Å². The van der Waals surface area contributed by atoms with Crippen molar-refractivity contribution in [1.82, 2.24) is 9.88 Å². The van der Waals surface area contributed by atoms with E-state index in [2.05, 4.69) is 4.98 Å². The van der Waals surface area contributed by atoms with E-state index in [4.69, 9.17) is 20.4 Å². The Morgan fingerprint density at radius 3 is 2.66 bits per heavy atom. The molecular weight excluding hydrogens is 388 g/mol. The van der Waals surface area contributed by atoms with Gasteiger partial charge in [0.2, 0.25) is 5.91 Å². The fourth-order valence-corrected chi connectivity index (χ4v) is 3.30. The van der Waals surface area contributed by atoms with E-state index in [9.17, 15) is 4.79 Å². The molecule has 2 aromatic heterocycles.